The molecule has 0 aromatic carbocycles. The maximum absolute atomic E-state index is 6.38. The van der Waals surface area contributed by atoms with Crippen LogP contribution in [-0.4, -0.2) is 4.98 Å². The standard InChI is InChI=1S/C13H22N2O/c1-12(2,3)10-9-15-11(16-10)13(14)7-5-4-6-8-13/h9H,4-8,14H2,1-3H3. The Morgan fingerprint density at radius 1 is 1.25 bits per heavy atom. The van der Waals surface area contributed by atoms with E-state index in [0.717, 1.165) is 24.5 Å². The van der Waals surface area contributed by atoms with Crippen LogP contribution in [0.1, 0.15) is 64.5 Å². The third-order valence-electron chi connectivity index (χ3n) is 3.42. The molecule has 0 atom stereocenters. The Labute approximate surface area is 97.4 Å². The molecule has 3 nitrogen and oxygen atoms in total. The highest BCUT2D eigenvalue weighted by Gasteiger charge is 2.35. The second kappa shape index (κ2) is 3.88. The van der Waals surface area contributed by atoms with Gasteiger partial charge in [0.15, 0.2) is 0 Å². The lowest BCUT2D eigenvalue weighted by molar-refractivity contribution is 0.230. The van der Waals surface area contributed by atoms with Crippen molar-refractivity contribution in [3.8, 4) is 0 Å². The normalized spacial score (nSPS) is 21.0. The number of hydrogen-bond acceptors (Lipinski definition) is 3. The summed E-state index contributed by atoms with van der Waals surface area (Å²) < 4.78 is 5.85. The van der Waals surface area contributed by atoms with Crippen LogP contribution in [0.5, 0.6) is 0 Å². The lowest BCUT2D eigenvalue weighted by Crippen LogP contribution is -2.38. The smallest absolute Gasteiger partial charge is 0.214 e. The van der Waals surface area contributed by atoms with Crippen molar-refractivity contribution < 1.29 is 4.42 Å². The minimum Gasteiger partial charge on any atom is -0.443 e. The van der Waals surface area contributed by atoms with E-state index in [1.165, 1.54) is 19.3 Å². The van der Waals surface area contributed by atoms with E-state index in [1.807, 2.05) is 6.20 Å². The molecule has 3 heteroatoms. The molecule has 1 aromatic heterocycles. The van der Waals surface area contributed by atoms with Gasteiger partial charge in [-0.15, -0.1) is 0 Å². The Hall–Kier alpha value is -0.830. The van der Waals surface area contributed by atoms with Gasteiger partial charge in [-0.05, 0) is 12.8 Å². The highest BCUT2D eigenvalue weighted by molar-refractivity contribution is 5.11. The second-order valence-corrected chi connectivity index (χ2v) is 6.00. The minimum atomic E-state index is -0.318. The molecule has 2 N–H and O–H groups in total. The third-order valence-corrected chi connectivity index (χ3v) is 3.42. The predicted molar refractivity (Wildman–Crippen MR) is 64.2 cm³/mol. The molecule has 2 rings (SSSR count). The number of hydrogen-bond donors (Lipinski definition) is 1. The molecule has 0 bridgehead atoms. The van der Waals surface area contributed by atoms with E-state index >= 15 is 0 Å². The van der Waals surface area contributed by atoms with Crippen LogP contribution in [0.2, 0.25) is 0 Å². The van der Waals surface area contributed by atoms with Crippen LogP contribution in [0.15, 0.2) is 10.6 Å². The zero-order chi connectivity index (χ0) is 11.8. The Morgan fingerprint density at radius 2 is 1.88 bits per heavy atom. The van der Waals surface area contributed by atoms with Gasteiger partial charge < -0.3 is 10.2 Å². The lowest BCUT2D eigenvalue weighted by Gasteiger charge is -2.30. The van der Waals surface area contributed by atoms with Crippen LogP contribution in [0, 0.1) is 0 Å². The van der Waals surface area contributed by atoms with Crippen molar-refractivity contribution in [2.24, 2.45) is 5.73 Å². The maximum atomic E-state index is 6.38. The first-order chi connectivity index (χ1) is 7.42. The fourth-order valence-corrected chi connectivity index (χ4v) is 2.25. The van der Waals surface area contributed by atoms with E-state index in [-0.39, 0.29) is 11.0 Å². The van der Waals surface area contributed by atoms with Crippen molar-refractivity contribution in [2.45, 2.75) is 63.8 Å². The van der Waals surface area contributed by atoms with E-state index in [0.29, 0.717) is 0 Å². The molecule has 0 aliphatic heterocycles. The van der Waals surface area contributed by atoms with Crippen molar-refractivity contribution in [3.05, 3.63) is 17.8 Å². The van der Waals surface area contributed by atoms with Crippen LogP contribution >= 0.6 is 0 Å². The quantitative estimate of drug-likeness (QED) is 0.794. The summed E-state index contributed by atoms with van der Waals surface area (Å²) in [5, 5.41) is 0. The Morgan fingerprint density at radius 3 is 2.38 bits per heavy atom. The average molecular weight is 222 g/mol. The lowest BCUT2D eigenvalue weighted by atomic mass is 9.82. The molecular formula is C13H22N2O. The first-order valence-electron chi connectivity index (χ1n) is 6.17. The number of rotatable bonds is 1. The summed E-state index contributed by atoms with van der Waals surface area (Å²) in [7, 11) is 0. The maximum Gasteiger partial charge on any atom is 0.214 e. The highest BCUT2D eigenvalue weighted by Crippen LogP contribution is 2.35. The first kappa shape index (κ1) is 11.6. The molecular weight excluding hydrogens is 200 g/mol. The molecule has 0 saturated heterocycles. The summed E-state index contributed by atoms with van der Waals surface area (Å²) in [4.78, 5) is 4.39. The largest absolute Gasteiger partial charge is 0.443 e. The first-order valence-corrected chi connectivity index (χ1v) is 6.17. The summed E-state index contributed by atoms with van der Waals surface area (Å²) in [5.41, 5.74) is 6.07. The van der Waals surface area contributed by atoms with Gasteiger partial charge >= 0.3 is 0 Å². The fourth-order valence-electron chi connectivity index (χ4n) is 2.25. The summed E-state index contributed by atoms with van der Waals surface area (Å²) >= 11 is 0. The Balaban J connectivity index is 2.24. The van der Waals surface area contributed by atoms with Gasteiger partial charge in [0.1, 0.15) is 5.76 Å². The van der Waals surface area contributed by atoms with E-state index in [2.05, 4.69) is 25.8 Å². The van der Waals surface area contributed by atoms with Crippen molar-refractivity contribution in [1.29, 1.82) is 0 Å². The molecule has 1 aromatic rings. The van der Waals surface area contributed by atoms with Gasteiger partial charge in [-0.2, -0.15) is 0 Å². The Bertz CT molecular complexity index is 356. The SMILES string of the molecule is CC(C)(C)c1cnc(C2(N)CCCCC2)o1. The van der Waals surface area contributed by atoms with Gasteiger partial charge in [-0.3, -0.25) is 0 Å². The summed E-state index contributed by atoms with van der Waals surface area (Å²) in [5.74, 6) is 1.66. The molecule has 16 heavy (non-hydrogen) atoms. The zero-order valence-electron chi connectivity index (χ0n) is 10.5. The van der Waals surface area contributed by atoms with Gasteiger partial charge in [0.2, 0.25) is 5.89 Å². The van der Waals surface area contributed by atoms with Crippen LogP contribution < -0.4 is 5.73 Å². The molecule has 0 unspecified atom stereocenters. The molecule has 1 aliphatic rings. The molecule has 1 saturated carbocycles. The minimum absolute atomic E-state index is 0.0102. The van der Waals surface area contributed by atoms with E-state index < -0.39 is 0 Å². The van der Waals surface area contributed by atoms with Gasteiger partial charge in [0.25, 0.3) is 0 Å². The van der Waals surface area contributed by atoms with Gasteiger partial charge in [-0.1, -0.05) is 40.0 Å². The summed E-state index contributed by atoms with van der Waals surface area (Å²) in [6.07, 6.45) is 7.48. The van der Waals surface area contributed by atoms with Crippen LogP contribution in [0.3, 0.4) is 0 Å². The average Bonchev–Trinajstić information content (AvgIpc) is 2.67. The summed E-state index contributed by atoms with van der Waals surface area (Å²) in [6, 6.07) is 0. The zero-order valence-corrected chi connectivity index (χ0v) is 10.5. The third kappa shape index (κ3) is 2.14. The highest BCUT2D eigenvalue weighted by atomic mass is 16.4. The predicted octanol–water partition coefficient (Wildman–Crippen LogP) is 3.09. The molecule has 0 spiro atoms. The molecule has 1 aliphatic carbocycles. The fraction of sp³-hybridized carbons (Fsp3) is 0.769. The van der Waals surface area contributed by atoms with Gasteiger partial charge in [0.05, 0.1) is 11.7 Å². The second-order valence-electron chi connectivity index (χ2n) is 6.00. The van der Waals surface area contributed by atoms with Crippen molar-refractivity contribution in [1.82, 2.24) is 4.98 Å². The Kier molecular flexibility index (Phi) is 2.82. The van der Waals surface area contributed by atoms with Crippen molar-refractivity contribution >= 4 is 0 Å². The number of nitrogens with zero attached hydrogens (tertiary/aromatic N) is 1. The topological polar surface area (TPSA) is 52.0 Å². The van der Waals surface area contributed by atoms with E-state index in [9.17, 15) is 0 Å². The molecule has 0 radical (unpaired) electrons. The van der Waals surface area contributed by atoms with E-state index in [4.69, 9.17) is 10.2 Å². The van der Waals surface area contributed by atoms with Crippen LogP contribution in [0.25, 0.3) is 0 Å². The van der Waals surface area contributed by atoms with Crippen LogP contribution in [-0.2, 0) is 11.0 Å². The molecule has 90 valence electrons. The molecule has 1 fully saturated rings. The molecule has 1 heterocycles. The molecule has 0 amide bonds. The van der Waals surface area contributed by atoms with Gasteiger partial charge in [0, 0.05) is 5.41 Å². The summed E-state index contributed by atoms with van der Waals surface area (Å²) in [6.45, 7) is 6.38. The number of nitrogens with two attached hydrogens (primary N) is 1. The van der Waals surface area contributed by atoms with Gasteiger partial charge in [-0.25, -0.2) is 4.98 Å². The van der Waals surface area contributed by atoms with Crippen molar-refractivity contribution in [3.63, 3.8) is 0 Å². The van der Waals surface area contributed by atoms with Crippen LogP contribution in [0.4, 0.5) is 0 Å². The van der Waals surface area contributed by atoms with Crippen molar-refractivity contribution in [2.75, 3.05) is 0 Å². The monoisotopic (exact) mass is 222 g/mol. The number of aromatic nitrogens is 1. The van der Waals surface area contributed by atoms with E-state index in [1.54, 1.807) is 0 Å². The number of oxazole rings is 1.